The predicted octanol–water partition coefficient (Wildman–Crippen LogP) is 2.90. The van der Waals surface area contributed by atoms with Gasteiger partial charge in [-0.2, -0.15) is 0 Å². The van der Waals surface area contributed by atoms with E-state index >= 15 is 0 Å². The predicted molar refractivity (Wildman–Crippen MR) is 70.7 cm³/mol. The van der Waals surface area contributed by atoms with E-state index in [2.05, 4.69) is 22.4 Å². The summed E-state index contributed by atoms with van der Waals surface area (Å²) in [5, 5.41) is 13.4. The first kappa shape index (κ1) is 12.1. The average molecular weight is 265 g/mol. The van der Waals surface area contributed by atoms with Gasteiger partial charge in [0.25, 0.3) is 5.91 Å². The van der Waals surface area contributed by atoms with E-state index < -0.39 is 0 Å². The Balaban J connectivity index is 2.01. The van der Waals surface area contributed by atoms with Crippen LogP contribution in [0.4, 0.5) is 5.82 Å². The SMILES string of the molecule is CCSc1ccc(NC(=O)c2cccs2)nn1. The smallest absolute Gasteiger partial charge is 0.266 e. The van der Waals surface area contributed by atoms with Gasteiger partial charge in [-0.15, -0.1) is 33.3 Å². The van der Waals surface area contributed by atoms with Gasteiger partial charge in [0, 0.05) is 0 Å². The molecule has 0 atom stereocenters. The van der Waals surface area contributed by atoms with E-state index in [0.717, 1.165) is 10.8 Å². The molecule has 0 aliphatic heterocycles. The number of aromatic nitrogens is 2. The van der Waals surface area contributed by atoms with Gasteiger partial charge in [-0.25, -0.2) is 0 Å². The Labute approximate surface area is 107 Å². The Morgan fingerprint density at radius 2 is 2.29 bits per heavy atom. The number of nitrogens with zero attached hydrogens (tertiary/aromatic N) is 2. The second kappa shape index (κ2) is 5.79. The molecule has 0 radical (unpaired) electrons. The molecule has 0 aromatic carbocycles. The van der Waals surface area contributed by atoms with E-state index in [-0.39, 0.29) is 5.91 Å². The van der Waals surface area contributed by atoms with Gasteiger partial charge in [-0.05, 0) is 29.3 Å². The van der Waals surface area contributed by atoms with E-state index in [4.69, 9.17) is 0 Å². The summed E-state index contributed by atoms with van der Waals surface area (Å²) in [6.07, 6.45) is 0. The number of hydrogen-bond donors (Lipinski definition) is 1. The zero-order chi connectivity index (χ0) is 12.1. The van der Waals surface area contributed by atoms with Crippen LogP contribution in [0.25, 0.3) is 0 Å². The molecule has 0 spiro atoms. The molecule has 2 aromatic rings. The summed E-state index contributed by atoms with van der Waals surface area (Å²) in [6, 6.07) is 7.22. The highest BCUT2D eigenvalue weighted by Gasteiger charge is 2.07. The van der Waals surface area contributed by atoms with Gasteiger partial charge in [-0.1, -0.05) is 13.0 Å². The lowest BCUT2D eigenvalue weighted by Gasteiger charge is -2.02. The van der Waals surface area contributed by atoms with Crippen molar-refractivity contribution >= 4 is 34.8 Å². The van der Waals surface area contributed by atoms with Gasteiger partial charge < -0.3 is 5.32 Å². The van der Waals surface area contributed by atoms with Gasteiger partial charge >= 0.3 is 0 Å². The first-order chi connectivity index (χ1) is 8.29. The van der Waals surface area contributed by atoms with Gasteiger partial charge in [0.1, 0.15) is 5.03 Å². The van der Waals surface area contributed by atoms with Crippen LogP contribution in [0.5, 0.6) is 0 Å². The van der Waals surface area contributed by atoms with Crippen molar-refractivity contribution in [2.45, 2.75) is 11.9 Å². The molecule has 2 aromatic heterocycles. The maximum Gasteiger partial charge on any atom is 0.266 e. The molecule has 2 rings (SSSR count). The van der Waals surface area contributed by atoms with Crippen LogP contribution in [-0.4, -0.2) is 21.9 Å². The summed E-state index contributed by atoms with van der Waals surface area (Å²) in [5.74, 6) is 1.28. The van der Waals surface area contributed by atoms with Crippen LogP contribution in [0.15, 0.2) is 34.7 Å². The number of carbonyl (C=O) groups is 1. The van der Waals surface area contributed by atoms with Crippen molar-refractivity contribution in [1.29, 1.82) is 0 Å². The van der Waals surface area contributed by atoms with Crippen molar-refractivity contribution in [3.63, 3.8) is 0 Å². The topological polar surface area (TPSA) is 54.9 Å². The molecule has 1 amide bonds. The zero-order valence-electron chi connectivity index (χ0n) is 9.21. The van der Waals surface area contributed by atoms with E-state index in [9.17, 15) is 4.79 Å². The minimum absolute atomic E-state index is 0.148. The standard InChI is InChI=1S/C11H11N3OS2/c1-2-16-10-6-5-9(13-14-10)12-11(15)8-4-3-7-17-8/h3-7H,2H2,1H3,(H,12,13,15). The molecule has 17 heavy (non-hydrogen) atoms. The largest absolute Gasteiger partial charge is 0.304 e. The van der Waals surface area contributed by atoms with Crippen molar-refractivity contribution in [3.05, 3.63) is 34.5 Å². The average Bonchev–Trinajstić information content (AvgIpc) is 2.86. The minimum Gasteiger partial charge on any atom is -0.304 e. The van der Waals surface area contributed by atoms with E-state index in [1.807, 2.05) is 17.5 Å². The molecule has 88 valence electrons. The highest BCUT2D eigenvalue weighted by Crippen LogP contribution is 2.15. The first-order valence-electron chi connectivity index (χ1n) is 5.11. The fourth-order valence-electron chi connectivity index (χ4n) is 1.20. The van der Waals surface area contributed by atoms with Gasteiger partial charge in [0.15, 0.2) is 5.82 Å². The lowest BCUT2D eigenvalue weighted by molar-refractivity contribution is 0.103. The molecule has 0 aliphatic carbocycles. The van der Waals surface area contributed by atoms with Crippen molar-refractivity contribution in [1.82, 2.24) is 10.2 Å². The van der Waals surface area contributed by atoms with Crippen molar-refractivity contribution in [3.8, 4) is 0 Å². The summed E-state index contributed by atoms with van der Waals surface area (Å²) in [7, 11) is 0. The van der Waals surface area contributed by atoms with Gasteiger partial charge in [0.2, 0.25) is 0 Å². The van der Waals surface area contributed by atoms with Crippen LogP contribution in [0.1, 0.15) is 16.6 Å². The number of rotatable bonds is 4. The van der Waals surface area contributed by atoms with Crippen LogP contribution in [-0.2, 0) is 0 Å². The molecule has 0 saturated carbocycles. The molecule has 6 heteroatoms. The zero-order valence-corrected chi connectivity index (χ0v) is 10.8. The summed E-state index contributed by atoms with van der Waals surface area (Å²) < 4.78 is 0. The lowest BCUT2D eigenvalue weighted by Crippen LogP contribution is -2.11. The fraction of sp³-hybridized carbons (Fsp3) is 0.182. The molecule has 0 bridgehead atoms. The quantitative estimate of drug-likeness (QED) is 0.864. The third kappa shape index (κ3) is 3.28. The maximum absolute atomic E-state index is 11.7. The number of thiophene rings is 1. The third-order valence-electron chi connectivity index (χ3n) is 1.92. The molecule has 2 heterocycles. The van der Waals surface area contributed by atoms with E-state index in [1.54, 1.807) is 23.9 Å². The Morgan fingerprint density at radius 1 is 1.41 bits per heavy atom. The minimum atomic E-state index is -0.148. The van der Waals surface area contributed by atoms with E-state index in [1.165, 1.54) is 11.3 Å². The Bertz CT molecular complexity index is 482. The second-order valence-corrected chi connectivity index (χ2v) is 5.35. The number of carbonyl (C=O) groups excluding carboxylic acids is 1. The summed E-state index contributed by atoms with van der Waals surface area (Å²) in [6.45, 7) is 2.05. The molecule has 0 aliphatic rings. The summed E-state index contributed by atoms with van der Waals surface area (Å²) >= 11 is 3.01. The number of nitrogens with one attached hydrogen (secondary N) is 1. The highest BCUT2D eigenvalue weighted by atomic mass is 32.2. The van der Waals surface area contributed by atoms with Crippen LogP contribution in [0.3, 0.4) is 0 Å². The van der Waals surface area contributed by atoms with Crippen molar-refractivity contribution in [2.24, 2.45) is 0 Å². The molecule has 1 N–H and O–H groups in total. The lowest BCUT2D eigenvalue weighted by atomic mass is 10.4. The van der Waals surface area contributed by atoms with E-state index in [0.29, 0.717) is 10.7 Å². The van der Waals surface area contributed by atoms with Crippen LogP contribution in [0.2, 0.25) is 0 Å². The van der Waals surface area contributed by atoms with Crippen molar-refractivity contribution < 1.29 is 4.79 Å². The Kier molecular flexibility index (Phi) is 4.11. The molecule has 4 nitrogen and oxygen atoms in total. The van der Waals surface area contributed by atoms with Gasteiger partial charge in [-0.3, -0.25) is 4.79 Å². The summed E-state index contributed by atoms with van der Waals surface area (Å²) in [5.41, 5.74) is 0. The molecule has 0 unspecified atom stereocenters. The Hall–Kier alpha value is -1.40. The summed E-state index contributed by atoms with van der Waals surface area (Å²) in [4.78, 5) is 12.4. The third-order valence-corrected chi connectivity index (χ3v) is 3.59. The van der Waals surface area contributed by atoms with Crippen molar-refractivity contribution in [2.75, 3.05) is 11.1 Å². The van der Waals surface area contributed by atoms with Crippen LogP contribution in [0, 0.1) is 0 Å². The number of hydrogen-bond acceptors (Lipinski definition) is 5. The normalized spacial score (nSPS) is 10.2. The van der Waals surface area contributed by atoms with Crippen LogP contribution >= 0.6 is 23.1 Å². The fourth-order valence-corrected chi connectivity index (χ4v) is 2.37. The molecular formula is C11H11N3OS2. The van der Waals surface area contributed by atoms with Gasteiger partial charge in [0.05, 0.1) is 4.88 Å². The monoisotopic (exact) mass is 265 g/mol. The number of thioether (sulfide) groups is 1. The molecule has 0 fully saturated rings. The maximum atomic E-state index is 11.7. The molecule has 0 saturated heterocycles. The second-order valence-electron chi connectivity index (χ2n) is 3.12. The molecular weight excluding hydrogens is 254 g/mol. The Morgan fingerprint density at radius 3 is 2.88 bits per heavy atom. The van der Waals surface area contributed by atoms with Crippen LogP contribution < -0.4 is 5.32 Å². The highest BCUT2D eigenvalue weighted by molar-refractivity contribution is 7.99. The number of amides is 1. The first-order valence-corrected chi connectivity index (χ1v) is 6.97. The number of anilines is 1.